The van der Waals surface area contributed by atoms with Crippen LogP contribution in [0.25, 0.3) is 0 Å². The van der Waals surface area contributed by atoms with Crippen molar-refractivity contribution in [2.75, 3.05) is 20.8 Å². The summed E-state index contributed by atoms with van der Waals surface area (Å²) in [5, 5.41) is 8.54. The molecule has 0 aromatic carbocycles. The maximum atomic E-state index is 8.54. The summed E-state index contributed by atoms with van der Waals surface area (Å²) in [6.07, 6.45) is 2.25. The van der Waals surface area contributed by atoms with Gasteiger partial charge in [-0.15, -0.1) is 0 Å². The van der Waals surface area contributed by atoms with Gasteiger partial charge in [-0.3, -0.25) is 0 Å². The minimum absolute atomic E-state index is 0.0754. The monoisotopic (exact) mass is 160 g/mol. The number of ether oxygens (including phenoxy) is 2. The van der Waals surface area contributed by atoms with Crippen molar-refractivity contribution >= 4 is 0 Å². The molecule has 1 N–H and O–H groups in total. The molecule has 0 saturated heterocycles. The minimum Gasteiger partial charge on any atom is -0.392 e. The van der Waals surface area contributed by atoms with Crippen LogP contribution in [0.3, 0.4) is 0 Å². The summed E-state index contributed by atoms with van der Waals surface area (Å²) in [5.41, 5.74) is 1.07. The summed E-state index contributed by atoms with van der Waals surface area (Å²) in [6, 6.07) is 0. The van der Waals surface area contributed by atoms with Crippen LogP contribution in [0.5, 0.6) is 0 Å². The lowest BCUT2D eigenvalue weighted by atomic mass is 10.2. The van der Waals surface area contributed by atoms with E-state index in [0.29, 0.717) is 6.42 Å². The predicted octanol–water partition coefficient (Wildman–Crippen LogP) is 0.934. The van der Waals surface area contributed by atoms with E-state index < -0.39 is 0 Å². The Kier molecular flexibility index (Phi) is 6.12. The standard InChI is InChI=1S/C8H16O3/c1-7(4-5-9)6-8(10-2)11-3/h4,8-9H,5-6H2,1-3H3/b7-4-. The van der Waals surface area contributed by atoms with E-state index in [0.717, 1.165) is 5.57 Å². The van der Waals surface area contributed by atoms with Crippen molar-refractivity contribution in [3.63, 3.8) is 0 Å². The smallest absolute Gasteiger partial charge is 0.160 e. The zero-order chi connectivity index (χ0) is 8.69. The van der Waals surface area contributed by atoms with Crippen molar-refractivity contribution in [1.29, 1.82) is 0 Å². The van der Waals surface area contributed by atoms with Crippen molar-refractivity contribution in [3.05, 3.63) is 11.6 Å². The molecule has 0 spiro atoms. The second-order valence-electron chi connectivity index (χ2n) is 2.34. The highest BCUT2D eigenvalue weighted by atomic mass is 16.7. The van der Waals surface area contributed by atoms with Gasteiger partial charge in [-0.2, -0.15) is 0 Å². The first-order valence-electron chi connectivity index (χ1n) is 3.56. The van der Waals surface area contributed by atoms with Gasteiger partial charge in [0, 0.05) is 20.6 Å². The average Bonchev–Trinajstić information content (AvgIpc) is 2.01. The van der Waals surface area contributed by atoms with E-state index in [1.54, 1.807) is 20.3 Å². The first-order chi connectivity index (χ1) is 5.24. The van der Waals surface area contributed by atoms with E-state index >= 15 is 0 Å². The van der Waals surface area contributed by atoms with Crippen LogP contribution in [-0.2, 0) is 9.47 Å². The fraction of sp³-hybridized carbons (Fsp3) is 0.750. The summed E-state index contributed by atoms with van der Waals surface area (Å²) >= 11 is 0. The molecular weight excluding hydrogens is 144 g/mol. The Bertz CT molecular complexity index is 117. The quantitative estimate of drug-likeness (QED) is 0.480. The van der Waals surface area contributed by atoms with Crippen LogP contribution < -0.4 is 0 Å². The molecule has 0 heterocycles. The largest absolute Gasteiger partial charge is 0.392 e. The van der Waals surface area contributed by atoms with Crippen LogP contribution in [0, 0.1) is 0 Å². The molecule has 0 rings (SSSR count). The Morgan fingerprint density at radius 1 is 1.45 bits per heavy atom. The number of hydrogen-bond donors (Lipinski definition) is 1. The number of aliphatic hydroxyl groups is 1. The summed E-state index contributed by atoms with van der Waals surface area (Å²) in [4.78, 5) is 0. The van der Waals surface area contributed by atoms with Gasteiger partial charge in [0.15, 0.2) is 6.29 Å². The molecule has 0 atom stereocenters. The number of aliphatic hydroxyl groups excluding tert-OH is 1. The highest BCUT2D eigenvalue weighted by Crippen LogP contribution is 2.06. The lowest BCUT2D eigenvalue weighted by Crippen LogP contribution is -2.13. The fourth-order valence-corrected chi connectivity index (χ4v) is 0.765. The average molecular weight is 160 g/mol. The van der Waals surface area contributed by atoms with Crippen molar-refractivity contribution in [2.24, 2.45) is 0 Å². The van der Waals surface area contributed by atoms with E-state index in [9.17, 15) is 0 Å². The van der Waals surface area contributed by atoms with Gasteiger partial charge in [0.2, 0.25) is 0 Å². The molecule has 0 aliphatic heterocycles. The highest BCUT2D eigenvalue weighted by Gasteiger charge is 2.04. The molecule has 0 aliphatic carbocycles. The van der Waals surface area contributed by atoms with Gasteiger partial charge >= 0.3 is 0 Å². The summed E-state index contributed by atoms with van der Waals surface area (Å²) in [7, 11) is 3.20. The van der Waals surface area contributed by atoms with Crippen LogP contribution in [0.1, 0.15) is 13.3 Å². The summed E-state index contributed by atoms with van der Waals surface area (Å²) < 4.78 is 9.94. The molecular formula is C8H16O3. The third kappa shape index (κ3) is 4.95. The van der Waals surface area contributed by atoms with E-state index in [1.807, 2.05) is 6.92 Å². The van der Waals surface area contributed by atoms with Crippen molar-refractivity contribution in [3.8, 4) is 0 Å². The van der Waals surface area contributed by atoms with Crippen molar-refractivity contribution in [2.45, 2.75) is 19.6 Å². The molecule has 11 heavy (non-hydrogen) atoms. The predicted molar refractivity (Wildman–Crippen MR) is 43.3 cm³/mol. The molecule has 0 aromatic rings. The number of methoxy groups -OCH3 is 2. The van der Waals surface area contributed by atoms with E-state index in [-0.39, 0.29) is 12.9 Å². The Labute approximate surface area is 67.6 Å². The third-order valence-corrected chi connectivity index (χ3v) is 1.45. The normalized spacial score (nSPS) is 12.6. The maximum absolute atomic E-state index is 8.54. The lowest BCUT2D eigenvalue weighted by Gasteiger charge is -2.12. The van der Waals surface area contributed by atoms with E-state index in [1.165, 1.54) is 0 Å². The van der Waals surface area contributed by atoms with Gasteiger partial charge in [0.25, 0.3) is 0 Å². The zero-order valence-electron chi connectivity index (χ0n) is 7.33. The van der Waals surface area contributed by atoms with Gasteiger partial charge in [-0.1, -0.05) is 11.6 Å². The van der Waals surface area contributed by atoms with Gasteiger partial charge in [0.1, 0.15) is 0 Å². The first kappa shape index (κ1) is 10.6. The van der Waals surface area contributed by atoms with Gasteiger partial charge < -0.3 is 14.6 Å². The highest BCUT2D eigenvalue weighted by molar-refractivity contribution is 4.98. The van der Waals surface area contributed by atoms with Gasteiger partial charge in [0.05, 0.1) is 6.61 Å². The fourth-order valence-electron chi connectivity index (χ4n) is 0.765. The molecule has 0 saturated carbocycles. The maximum Gasteiger partial charge on any atom is 0.160 e. The Morgan fingerprint density at radius 2 is 2.00 bits per heavy atom. The van der Waals surface area contributed by atoms with Crippen molar-refractivity contribution in [1.82, 2.24) is 0 Å². The molecule has 3 heteroatoms. The van der Waals surface area contributed by atoms with Crippen LogP contribution in [0.4, 0.5) is 0 Å². The van der Waals surface area contributed by atoms with Crippen LogP contribution in [-0.4, -0.2) is 32.2 Å². The summed E-state index contributed by atoms with van der Waals surface area (Å²) in [5.74, 6) is 0. The molecule has 0 aliphatic rings. The second kappa shape index (κ2) is 6.34. The molecule has 0 aromatic heterocycles. The molecule has 0 radical (unpaired) electrons. The number of hydrogen-bond acceptors (Lipinski definition) is 3. The lowest BCUT2D eigenvalue weighted by molar-refractivity contribution is -0.100. The Hall–Kier alpha value is -0.380. The Morgan fingerprint density at radius 3 is 2.36 bits per heavy atom. The molecule has 3 nitrogen and oxygen atoms in total. The summed E-state index contributed by atoms with van der Waals surface area (Å²) in [6.45, 7) is 2.01. The molecule has 0 fully saturated rings. The molecule has 0 bridgehead atoms. The molecule has 0 unspecified atom stereocenters. The van der Waals surface area contributed by atoms with Crippen LogP contribution in [0.15, 0.2) is 11.6 Å². The Balaban J connectivity index is 3.71. The minimum atomic E-state index is -0.196. The second-order valence-corrected chi connectivity index (χ2v) is 2.34. The van der Waals surface area contributed by atoms with Crippen LogP contribution in [0.2, 0.25) is 0 Å². The zero-order valence-corrected chi connectivity index (χ0v) is 7.33. The first-order valence-corrected chi connectivity index (χ1v) is 3.56. The van der Waals surface area contributed by atoms with E-state index in [2.05, 4.69) is 0 Å². The van der Waals surface area contributed by atoms with Crippen molar-refractivity contribution < 1.29 is 14.6 Å². The SMILES string of the molecule is COC(C/C(C)=C\CO)OC. The van der Waals surface area contributed by atoms with E-state index in [4.69, 9.17) is 14.6 Å². The topological polar surface area (TPSA) is 38.7 Å². The van der Waals surface area contributed by atoms with Gasteiger partial charge in [-0.25, -0.2) is 0 Å². The number of rotatable bonds is 5. The molecule has 0 amide bonds. The van der Waals surface area contributed by atoms with Gasteiger partial charge in [-0.05, 0) is 6.92 Å². The molecule has 66 valence electrons. The third-order valence-electron chi connectivity index (χ3n) is 1.45. The van der Waals surface area contributed by atoms with Crippen LogP contribution >= 0.6 is 0 Å².